The van der Waals surface area contributed by atoms with E-state index in [2.05, 4.69) is 10.1 Å². The lowest BCUT2D eigenvalue weighted by Gasteiger charge is -2.24. The van der Waals surface area contributed by atoms with E-state index in [1.54, 1.807) is 6.07 Å². The molecular weight excluding hydrogens is 297 g/mol. The summed E-state index contributed by atoms with van der Waals surface area (Å²) in [5.74, 6) is -3.04. The molecule has 5 N–H and O–H groups in total. The number of aliphatic hydroxyl groups is 3. The number of H-pyrrole nitrogens is 1. The van der Waals surface area contributed by atoms with Crippen molar-refractivity contribution in [3.05, 3.63) is 29.6 Å². The number of nitriles is 1. The van der Waals surface area contributed by atoms with Crippen LogP contribution in [0.25, 0.3) is 5.52 Å². The smallest absolute Gasteiger partial charge is 0.263 e. The quantitative estimate of drug-likeness (QED) is 0.445. The van der Waals surface area contributed by atoms with Gasteiger partial charge >= 0.3 is 0 Å². The molecule has 0 amide bonds. The molecule has 1 saturated heterocycles. The Hall–Kier alpha value is -2.32. The van der Waals surface area contributed by atoms with Gasteiger partial charge in [-0.25, -0.2) is 9.37 Å². The molecule has 3 rings (SSSR count). The Labute approximate surface area is 123 Å². The first kappa shape index (κ1) is 13.4. The molecule has 1 aliphatic heterocycles. The number of rotatable bonds is 2. The molecule has 22 heavy (non-hydrogen) atoms. The number of aromatic amines is 1. The van der Waals surface area contributed by atoms with Gasteiger partial charge in [-0.15, -0.1) is 0 Å². The Balaban J connectivity index is 2.31. The molecule has 0 radical (unpaired) electrons. The topological polar surface area (TPSA) is 151 Å². The Bertz CT molecular complexity index is 878. The zero-order valence-electron chi connectivity index (χ0n) is 12.0. The number of nitrogens with one attached hydrogen (secondary N) is 2. The summed E-state index contributed by atoms with van der Waals surface area (Å²) in [4.78, 5) is 3.66. The molecule has 116 valence electrons. The molecule has 0 aromatic carbocycles. The maximum atomic E-state index is 14.4. The van der Waals surface area contributed by atoms with Crippen molar-refractivity contribution in [2.24, 2.45) is 0 Å². The summed E-state index contributed by atoms with van der Waals surface area (Å²) in [6.07, 6.45) is -3.10. The third kappa shape index (κ3) is 1.65. The van der Waals surface area contributed by atoms with Gasteiger partial charge in [0, 0.05) is 0 Å². The normalized spacial score (nSPS) is 35.5. The summed E-state index contributed by atoms with van der Waals surface area (Å²) in [7, 11) is 0. The molecule has 0 aliphatic carbocycles. The zero-order valence-corrected chi connectivity index (χ0v) is 11.0. The predicted octanol–water partition coefficient (Wildman–Crippen LogP) is -1.73. The third-order valence-corrected chi connectivity index (χ3v) is 3.67. The van der Waals surface area contributed by atoms with Gasteiger partial charge in [0.25, 0.3) is 5.85 Å². The average Bonchev–Trinajstić information content (AvgIpc) is 2.98. The maximum absolute atomic E-state index is 14.4. The lowest BCUT2D eigenvalue weighted by atomic mass is 9.92. The molecule has 1 fully saturated rings. The summed E-state index contributed by atoms with van der Waals surface area (Å²) >= 11 is 0. The number of halogens is 1. The molecule has 1 aliphatic rings. The van der Waals surface area contributed by atoms with Crippen molar-refractivity contribution in [2.45, 2.75) is 23.7 Å². The number of ether oxygens (including phenoxy) is 1. The number of alkyl halides is 1. The molecular formula is C12H12FN5O4. The van der Waals surface area contributed by atoms with Gasteiger partial charge in [0.05, 0.1) is 7.06 Å². The number of fused-ring (bicyclic) bond motifs is 1. The van der Waals surface area contributed by atoms with Crippen LogP contribution < -0.4 is 5.49 Å². The average molecular weight is 310 g/mol. The van der Waals surface area contributed by atoms with Crippen LogP contribution >= 0.6 is 0 Å². The fourth-order valence-electron chi connectivity index (χ4n) is 2.50. The van der Waals surface area contributed by atoms with Gasteiger partial charge < -0.3 is 20.1 Å². The molecule has 0 bridgehead atoms. The summed E-state index contributed by atoms with van der Waals surface area (Å²) in [5.41, 5.74) is -2.89. The second kappa shape index (κ2) is 4.59. The largest absolute Gasteiger partial charge is 0.390 e. The molecule has 0 unspecified atom stereocenters. The van der Waals surface area contributed by atoms with E-state index in [9.17, 15) is 19.9 Å². The molecule has 0 spiro atoms. The van der Waals surface area contributed by atoms with Crippen LogP contribution in [-0.2, 0) is 10.3 Å². The minimum atomic E-state index is -3.04. The van der Waals surface area contributed by atoms with E-state index in [1.165, 1.54) is 0 Å². The minimum absolute atomic E-state index is 0.0252. The Morgan fingerprint density at radius 3 is 2.95 bits per heavy atom. The Morgan fingerprint density at radius 2 is 2.36 bits per heavy atom. The standard InChI is InChI=1S/C12H12FN5O4/c13-12(4-19)9(21)8(20)11(3-14,22-12)7-2-1-6-10(15)16-5-17-18(6)7/h1-2,5,8-9,19-21H,4H2,(H2,15,16,17)/t8-,9+,11+,12-/m1/s1/i1D. The summed E-state index contributed by atoms with van der Waals surface area (Å²) in [6.45, 7) is -1.28. The van der Waals surface area contributed by atoms with Crippen LogP contribution in [0.3, 0.4) is 0 Å². The van der Waals surface area contributed by atoms with Gasteiger partial charge in [-0.1, -0.05) is 0 Å². The highest BCUT2D eigenvalue weighted by Gasteiger charge is 2.65. The second-order valence-electron chi connectivity index (χ2n) is 4.88. The fourth-order valence-corrected chi connectivity index (χ4v) is 2.50. The second-order valence-corrected chi connectivity index (χ2v) is 4.88. The number of hydrogen-bond acceptors (Lipinski definition) is 7. The van der Waals surface area contributed by atoms with E-state index in [0.29, 0.717) is 0 Å². The van der Waals surface area contributed by atoms with E-state index < -0.39 is 30.3 Å². The first-order valence-electron chi connectivity index (χ1n) is 6.69. The van der Waals surface area contributed by atoms with Crippen molar-refractivity contribution in [1.29, 1.82) is 10.7 Å². The molecule has 4 atom stereocenters. The highest BCUT2D eigenvalue weighted by molar-refractivity contribution is 5.48. The van der Waals surface area contributed by atoms with Gasteiger partial charge in [-0.2, -0.15) is 5.26 Å². The fraction of sp³-hybridized carbons (Fsp3) is 0.417. The maximum Gasteiger partial charge on any atom is 0.263 e. The number of hydrogen-bond donors (Lipinski definition) is 5. The molecule has 2 aromatic rings. The van der Waals surface area contributed by atoms with Crippen LogP contribution in [0.2, 0.25) is 0 Å². The van der Waals surface area contributed by atoms with Crippen LogP contribution in [0, 0.1) is 16.7 Å². The molecule has 10 heteroatoms. The minimum Gasteiger partial charge on any atom is -0.390 e. The van der Waals surface area contributed by atoms with E-state index in [4.69, 9.17) is 16.6 Å². The van der Waals surface area contributed by atoms with Gasteiger partial charge in [-0.05, 0) is 12.1 Å². The molecule has 0 saturated carbocycles. The van der Waals surface area contributed by atoms with Gasteiger partial charge in [-0.3, -0.25) is 15.0 Å². The third-order valence-electron chi connectivity index (χ3n) is 3.67. The van der Waals surface area contributed by atoms with E-state index in [0.717, 1.165) is 16.9 Å². The summed E-state index contributed by atoms with van der Waals surface area (Å²) in [5, 5.41) is 48.8. The van der Waals surface area contributed by atoms with Gasteiger partial charge in [0.1, 0.15) is 36.7 Å². The van der Waals surface area contributed by atoms with E-state index >= 15 is 0 Å². The van der Waals surface area contributed by atoms with E-state index in [-0.39, 0.29) is 22.7 Å². The van der Waals surface area contributed by atoms with Crippen LogP contribution in [0.5, 0.6) is 0 Å². The molecule has 3 heterocycles. The van der Waals surface area contributed by atoms with Crippen molar-refractivity contribution in [1.82, 2.24) is 14.6 Å². The van der Waals surface area contributed by atoms with Gasteiger partial charge in [0.15, 0.2) is 5.49 Å². The van der Waals surface area contributed by atoms with Crippen molar-refractivity contribution >= 4 is 5.52 Å². The monoisotopic (exact) mass is 310 g/mol. The van der Waals surface area contributed by atoms with Crippen molar-refractivity contribution in [3.63, 3.8) is 0 Å². The van der Waals surface area contributed by atoms with Crippen molar-refractivity contribution < 1.29 is 25.8 Å². The number of nitrogens with zero attached hydrogens (tertiary/aromatic N) is 3. The lowest BCUT2D eigenvalue weighted by molar-refractivity contribution is -0.212. The first-order valence-corrected chi connectivity index (χ1v) is 6.19. The molecule has 2 aromatic heterocycles. The van der Waals surface area contributed by atoms with Crippen LogP contribution in [0.15, 0.2) is 18.4 Å². The first-order chi connectivity index (χ1) is 10.8. The lowest BCUT2D eigenvalue weighted by Crippen LogP contribution is -2.43. The predicted molar refractivity (Wildman–Crippen MR) is 66.7 cm³/mol. The number of aromatic nitrogens is 3. The SMILES string of the molecule is [2H]c1cc([C@]2(C#N)O[C@](F)(CO)[C@@H](O)[C@H]2O)n2[nH]cnc(=N)c12. The van der Waals surface area contributed by atoms with E-state index in [1.807, 2.05) is 0 Å². The van der Waals surface area contributed by atoms with Crippen molar-refractivity contribution in [2.75, 3.05) is 6.61 Å². The van der Waals surface area contributed by atoms with Crippen LogP contribution in [-0.4, -0.2) is 54.6 Å². The Kier molecular flexibility index (Phi) is 2.78. The molecule has 9 nitrogen and oxygen atoms in total. The Morgan fingerprint density at radius 1 is 1.64 bits per heavy atom. The summed E-state index contributed by atoms with van der Waals surface area (Å²) in [6, 6.07) is 2.48. The van der Waals surface area contributed by atoms with Crippen molar-refractivity contribution in [3.8, 4) is 6.07 Å². The van der Waals surface area contributed by atoms with Gasteiger partial charge in [0.2, 0.25) is 5.60 Å². The zero-order chi connectivity index (χ0) is 17.0. The number of aliphatic hydroxyl groups excluding tert-OH is 3. The van der Waals surface area contributed by atoms with Crippen LogP contribution in [0.4, 0.5) is 4.39 Å². The highest BCUT2D eigenvalue weighted by Crippen LogP contribution is 2.45. The van der Waals surface area contributed by atoms with Crippen LogP contribution in [0.1, 0.15) is 7.06 Å². The highest BCUT2D eigenvalue weighted by atomic mass is 19.2. The summed E-state index contributed by atoms with van der Waals surface area (Å²) < 4.78 is 28.2.